The summed E-state index contributed by atoms with van der Waals surface area (Å²) in [5, 5.41) is 0. The van der Waals surface area contributed by atoms with E-state index in [2.05, 4.69) is 6.08 Å². The van der Waals surface area contributed by atoms with Gasteiger partial charge in [-0.2, -0.15) is 0 Å². The number of allylic oxidation sites excluding steroid dienone is 1. The Morgan fingerprint density at radius 1 is 1.11 bits per heavy atom. The van der Waals surface area contributed by atoms with Crippen molar-refractivity contribution in [2.24, 2.45) is 0 Å². The highest BCUT2D eigenvalue weighted by atomic mass is 16.5. The van der Waals surface area contributed by atoms with Crippen LogP contribution in [0, 0.1) is 0 Å². The molecule has 0 saturated carbocycles. The van der Waals surface area contributed by atoms with Crippen molar-refractivity contribution in [1.29, 1.82) is 0 Å². The Labute approximate surface area is 112 Å². The number of hydrogen-bond donors (Lipinski definition) is 0. The molecule has 0 unspecified atom stereocenters. The van der Waals surface area contributed by atoms with Crippen molar-refractivity contribution in [3.8, 4) is 0 Å². The topological polar surface area (TPSA) is 26.3 Å². The molecule has 0 spiro atoms. The standard InChI is InChI=1S/C17H14O2/c18-17(19-12-13-5-2-1-3-6-13)16-10-9-14-7-4-8-15(14)11-16/h1-6,8-11H,7,12H2. The molecule has 0 bridgehead atoms. The van der Waals surface area contributed by atoms with Gasteiger partial charge in [-0.15, -0.1) is 0 Å². The minimum Gasteiger partial charge on any atom is -0.457 e. The Balaban J connectivity index is 1.69. The van der Waals surface area contributed by atoms with Crippen LogP contribution in [0.25, 0.3) is 6.08 Å². The van der Waals surface area contributed by atoms with Gasteiger partial charge in [-0.05, 0) is 35.2 Å². The lowest BCUT2D eigenvalue weighted by Gasteiger charge is -2.06. The van der Waals surface area contributed by atoms with Crippen molar-refractivity contribution in [1.82, 2.24) is 0 Å². The first-order chi connectivity index (χ1) is 9.33. The van der Waals surface area contributed by atoms with E-state index < -0.39 is 0 Å². The average molecular weight is 250 g/mol. The maximum Gasteiger partial charge on any atom is 0.338 e. The molecule has 0 amide bonds. The Hall–Kier alpha value is -2.35. The number of ether oxygens (including phenoxy) is 1. The predicted octanol–water partition coefficient (Wildman–Crippen LogP) is 3.61. The van der Waals surface area contributed by atoms with Crippen LogP contribution in [0.15, 0.2) is 54.6 Å². The largest absolute Gasteiger partial charge is 0.457 e. The van der Waals surface area contributed by atoms with Crippen molar-refractivity contribution in [3.05, 3.63) is 76.9 Å². The summed E-state index contributed by atoms with van der Waals surface area (Å²) in [6.07, 6.45) is 5.10. The number of benzene rings is 2. The Kier molecular flexibility index (Phi) is 3.15. The van der Waals surface area contributed by atoms with E-state index in [0.717, 1.165) is 17.5 Å². The van der Waals surface area contributed by atoms with Crippen LogP contribution >= 0.6 is 0 Å². The van der Waals surface area contributed by atoms with Gasteiger partial charge in [0, 0.05) is 0 Å². The minimum atomic E-state index is -0.271. The Morgan fingerprint density at radius 2 is 1.95 bits per heavy atom. The molecule has 0 aliphatic heterocycles. The third kappa shape index (κ3) is 2.58. The van der Waals surface area contributed by atoms with Crippen LogP contribution in [-0.2, 0) is 17.8 Å². The number of carbonyl (C=O) groups is 1. The summed E-state index contributed by atoms with van der Waals surface area (Å²) >= 11 is 0. The molecule has 2 aromatic carbocycles. The Morgan fingerprint density at radius 3 is 2.79 bits per heavy atom. The zero-order valence-electron chi connectivity index (χ0n) is 10.5. The van der Waals surface area contributed by atoms with Crippen LogP contribution in [0.1, 0.15) is 27.0 Å². The molecule has 3 rings (SSSR count). The normalized spacial score (nSPS) is 12.2. The van der Waals surface area contributed by atoms with Gasteiger partial charge in [0.25, 0.3) is 0 Å². The fraction of sp³-hybridized carbons (Fsp3) is 0.118. The summed E-state index contributed by atoms with van der Waals surface area (Å²) in [6, 6.07) is 15.4. The molecule has 1 aliphatic carbocycles. The second-order valence-electron chi connectivity index (χ2n) is 4.58. The van der Waals surface area contributed by atoms with Crippen LogP contribution in [0.4, 0.5) is 0 Å². The van der Waals surface area contributed by atoms with Crippen molar-refractivity contribution in [2.45, 2.75) is 13.0 Å². The molecule has 0 atom stereocenters. The van der Waals surface area contributed by atoms with Gasteiger partial charge in [0.05, 0.1) is 5.56 Å². The third-order valence-electron chi connectivity index (χ3n) is 3.23. The predicted molar refractivity (Wildman–Crippen MR) is 74.7 cm³/mol. The van der Waals surface area contributed by atoms with Crippen LogP contribution in [0.3, 0.4) is 0 Å². The summed E-state index contributed by atoms with van der Waals surface area (Å²) in [5.41, 5.74) is 3.99. The Bertz CT molecular complexity index is 627. The van der Waals surface area contributed by atoms with Gasteiger partial charge < -0.3 is 4.74 Å². The maximum absolute atomic E-state index is 12.0. The quantitative estimate of drug-likeness (QED) is 0.778. The zero-order valence-corrected chi connectivity index (χ0v) is 10.5. The monoisotopic (exact) mass is 250 g/mol. The number of esters is 1. The molecule has 0 radical (unpaired) electrons. The van der Waals surface area contributed by atoms with Crippen molar-refractivity contribution >= 4 is 12.0 Å². The summed E-state index contributed by atoms with van der Waals surface area (Å²) < 4.78 is 5.31. The van der Waals surface area contributed by atoms with Crippen molar-refractivity contribution in [2.75, 3.05) is 0 Å². The van der Waals surface area contributed by atoms with Gasteiger partial charge in [0.1, 0.15) is 6.61 Å². The van der Waals surface area contributed by atoms with E-state index in [4.69, 9.17) is 4.74 Å². The van der Waals surface area contributed by atoms with E-state index in [1.54, 1.807) is 0 Å². The van der Waals surface area contributed by atoms with Gasteiger partial charge in [-0.1, -0.05) is 48.6 Å². The van der Waals surface area contributed by atoms with Crippen LogP contribution < -0.4 is 0 Å². The highest BCUT2D eigenvalue weighted by Gasteiger charge is 2.11. The van der Waals surface area contributed by atoms with E-state index in [-0.39, 0.29) is 5.97 Å². The molecular formula is C17H14O2. The second kappa shape index (κ2) is 5.11. The molecule has 0 heterocycles. The summed E-state index contributed by atoms with van der Waals surface area (Å²) in [5.74, 6) is -0.271. The lowest BCUT2D eigenvalue weighted by Crippen LogP contribution is -2.05. The summed E-state index contributed by atoms with van der Waals surface area (Å²) in [7, 11) is 0. The maximum atomic E-state index is 12.0. The van der Waals surface area contributed by atoms with E-state index in [9.17, 15) is 4.79 Å². The number of carbonyl (C=O) groups excluding carboxylic acids is 1. The molecular weight excluding hydrogens is 236 g/mol. The second-order valence-corrected chi connectivity index (χ2v) is 4.58. The van der Waals surface area contributed by atoms with E-state index in [1.807, 2.05) is 54.6 Å². The third-order valence-corrected chi connectivity index (χ3v) is 3.23. The highest BCUT2D eigenvalue weighted by molar-refractivity contribution is 5.90. The van der Waals surface area contributed by atoms with Gasteiger partial charge in [0.15, 0.2) is 0 Å². The van der Waals surface area contributed by atoms with Crippen LogP contribution in [0.2, 0.25) is 0 Å². The minimum absolute atomic E-state index is 0.271. The lowest BCUT2D eigenvalue weighted by molar-refractivity contribution is 0.0472. The molecule has 1 aliphatic rings. The molecule has 0 saturated heterocycles. The first kappa shape index (κ1) is 11.7. The van der Waals surface area contributed by atoms with Crippen molar-refractivity contribution in [3.63, 3.8) is 0 Å². The molecule has 19 heavy (non-hydrogen) atoms. The molecule has 2 aromatic rings. The van der Waals surface area contributed by atoms with E-state index >= 15 is 0 Å². The smallest absolute Gasteiger partial charge is 0.338 e. The summed E-state index contributed by atoms with van der Waals surface area (Å²) in [4.78, 5) is 12.0. The fourth-order valence-corrected chi connectivity index (χ4v) is 2.18. The zero-order chi connectivity index (χ0) is 13.1. The fourth-order valence-electron chi connectivity index (χ4n) is 2.18. The van der Waals surface area contributed by atoms with Gasteiger partial charge in [-0.25, -0.2) is 4.79 Å². The number of fused-ring (bicyclic) bond motifs is 1. The molecule has 2 heteroatoms. The van der Waals surface area contributed by atoms with Crippen LogP contribution in [0.5, 0.6) is 0 Å². The SMILES string of the molecule is O=C(OCc1ccccc1)c1ccc2c(c1)C=CC2. The number of rotatable bonds is 3. The molecule has 2 nitrogen and oxygen atoms in total. The van der Waals surface area contributed by atoms with Crippen molar-refractivity contribution < 1.29 is 9.53 Å². The van der Waals surface area contributed by atoms with Gasteiger partial charge >= 0.3 is 5.97 Å². The average Bonchev–Trinajstić information content (AvgIpc) is 2.93. The van der Waals surface area contributed by atoms with Crippen LogP contribution in [-0.4, -0.2) is 5.97 Å². The molecule has 0 fully saturated rings. The molecule has 0 aromatic heterocycles. The highest BCUT2D eigenvalue weighted by Crippen LogP contribution is 2.21. The van der Waals surface area contributed by atoms with E-state index in [0.29, 0.717) is 12.2 Å². The van der Waals surface area contributed by atoms with E-state index in [1.165, 1.54) is 5.56 Å². The van der Waals surface area contributed by atoms with Gasteiger partial charge in [0.2, 0.25) is 0 Å². The first-order valence-electron chi connectivity index (χ1n) is 6.33. The number of hydrogen-bond acceptors (Lipinski definition) is 2. The van der Waals surface area contributed by atoms with Gasteiger partial charge in [-0.3, -0.25) is 0 Å². The molecule has 94 valence electrons. The summed E-state index contributed by atoms with van der Waals surface area (Å²) in [6.45, 7) is 0.312. The molecule has 0 N–H and O–H groups in total. The first-order valence-corrected chi connectivity index (χ1v) is 6.33. The lowest BCUT2D eigenvalue weighted by atomic mass is 10.1.